The summed E-state index contributed by atoms with van der Waals surface area (Å²) in [5, 5.41) is 4.10. The first-order chi connectivity index (χ1) is 13.5. The van der Waals surface area contributed by atoms with Crippen LogP contribution in [0, 0.1) is 0 Å². The van der Waals surface area contributed by atoms with E-state index >= 15 is 0 Å². The van der Waals surface area contributed by atoms with E-state index in [2.05, 4.69) is 21.2 Å². The van der Waals surface area contributed by atoms with Crippen LogP contribution in [0.3, 0.4) is 0 Å². The summed E-state index contributed by atoms with van der Waals surface area (Å²) in [5.41, 5.74) is 1.55. The number of nitrogens with zero attached hydrogens (tertiary/aromatic N) is 2. The highest BCUT2D eigenvalue weighted by molar-refractivity contribution is 9.10. The summed E-state index contributed by atoms with van der Waals surface area (Å²) < 4.78 is 2.53. The summed E-state index contributed by atoms with van der Waals surface area (Å²) in [4.78, 5) is 30.2. The summed E-state index contributed by atoms with van der Waals surface area (Å²) >= 11 is 4.75. The lowest BCUT2D eigenvalue weighted by Crippen LogP contribution is -2.29. The fourth-order valence-corrected chi connectivity index (χ4v) is 4.35. The Morgan fingerprint density at radius 2 is 2.04 bits per heavy atom. The van der Waals surface area contributed by atoms with E-state index in [0.29, 0.717) is 22.1 Å². The molecule has 1 atom stereocenters. The fourth-order valence-electron chi connectivity index (χ4n) is 3.10. The molecule has 1 aliphatic carbocycles. The fraction of sp³-hybridized carbons (Fsp3) is 0.286. The van der Waals surface area contributed by atoms with Gasteiger partial charge >= 0.3 is 0 Å². The number of fused-ring (bicyclic) bond motifs is 1. The molecule has 28 heavy (non-hydrogen) atoms. The van der Waals surface area contributed by atoms with Crippen molar-refractivity contribution in [3.8, 4) is 0 Å². The van der Waals surface area contributed by atoms with Gasteiger partial charge in [-0.15, -0.1) is 0 Å². The molecule has 1 aliphatic rings. The standard InChI is InChI=1S/C21H20BrN3O2S/c1-13(14-5-3-2-4-6-14)25-20(27)17-11-15(22)7-10-18(17)24-21(25)28-12-19(26)23-16-8-9-16/h2-7,10-11,13,16H,8-9,12H2,1H3,(H,23,26)/t13-/m0/s1. The highest BCUT2D eigenvalue weighted by Gasteiger charge is 2.24. The molecule has 0 aliphatic heterocycles. The van der Waals surface area contributed by atoms with Gasteiger partial charge < -0.3 is 5.32 Å². The molecule has 4 rings (SSSR count). The molecule has 0 saturated heterocycles. The minimum Gasteiger partial charge on any atom is -0.353 e. The van der Waals surface area contributed by atoms with E-state index in [1.54, 1.807) is 10.6 Å². The van der Waals surface area contributed by atoms with Crippen molar-refractivity contribution in [2.75, 3.05) is 5.75 Å². The average Bonchev–Trinajstić information content (AvgIpc) is 3.51. The van der Waals surface area contributed by atoms with Crippen molar-refractivity contribution < 1.29 is 4.79 Å². The number of nitrogens with one attached hydrogen (secondary N) is 1. The van der Waals surface area contributed by atoms with Crippen molar-refractivity contribution in [1.82, 2.24) is 14.9 Å². The molecule has 0 spiro atoms. The quantitative estimate of drug-likeness (QED) is 0.446. The molecule has 7 heteroatoms. The Balaban J connectivity index is 1.75. The van der Waals surface area contributed by atoms with Crippen molar-refractivity contribution in [2.45, 2.75) is 37.0 Å². The minimum atomic E-state index is -0.196. The van der Waals surface area contributed by atoms with E-state index < -0.39 is 0 Å². The maximum Gasteiger partial charge on any atom is 0.262 e. The first-order valence-electron chi connectivity index (χ1n) is 9.22. The predicted octanol–water partition coefficient (Wildman–Crippen LogP) is 4.14. The van der Waals surface area contributed by atoms with Crippen molar-refractivity contribution in [3.63, 3.8) is 0 Å². The van der Waals surface area contributed by atoms with Crippen molar-refractivity contribution in [3.05, 3.63) is 68.9 Å². The average molecular weight is 458 g/mol. The lowest BCUT2D eigenvalue weighted by Gasteiger charge is -2.20. The first kappa shape index (κ1) is 19.2. The summed E-state index contributed by atoms with van der Waals surface area (Å²) in [6.45, 7) is 1.98. The molecule has 144 valence electrons. The number of aromatic nitrogens is 2. The number of thioether (sulfide) groups is 1. The molecule has 0 unspecified atom stereocenters. The number of carbonyl (C=O) groups excluding carboxylic acids is 1. The Labute approximate surface area is 175 Å². The minimum absolute atomic E-state index is 0.0171. The van der Waals surface area contributed by atoms with E-state index in [0.717, 1.165) is 22.9 Å². The van der Waals surface area contributed by atoms with Crippen LogP contribution in [0.2, 0.25) is 0 Å². The van der Waals surface area contributed by atoms with E-state index in [4.69, 9.17) is 4.98 Å². The molecule has 1 aromatic heterocycles. The largest absolute Gasteiger partial charge is 0.353 e. The molecule has 1 N–H and O–H groups in total. The summed E-state index contributed by atoms with van der Waals surface area (Å²) in [6.07, 6.45) is 2.10. The highest BCUT2D eigenvalue weighted by Crippen LogP contribution is 2.26. The molecule has 1 fully saturated rings. The normalized spacial score (nSPS) is 14.8. The van der Waals surface area contributed by atoms with Crippen molar-refractivity contribution in [2.24, 2.45) is 0 Å². The second-order valence-corrected chi connectivity index (χ2v) is 8.81. The second kappa shape index (κ2) is 8.09. The maximum atomic E-state index is 13.3. The van der Waals surface area contributed by atoms with Gasteiger partial charge in [-0.2, -0.15) is 0 Å². The third-order valence-electron chi connectivity index (χ3n) is 4.77. The molecular weight excluding hydrogens is 438 g/mol. The highest BCUT2D eigenvalue weighted by atomic mass is 79.9. The number of carbonyl (C=O) groups is 1. The summed E-state index contributed by atoms with van der Waals surface area (Å²) in [7, 11) is 0. The number of halogens is 1. The topological polar surface area (TPSA) is 64.0 Å². The van der Waals surface area contributed by atoms with Gasteiger partial charge in [0.15, 0.2) is 5.16 Å². The van der Waals surface area contributed by atoms with E-state index in [1.807, 2.05) is 49.4 Å². The molecule has 0 radical (unpaired) electrons. The van der Waals surface area contributed by atoms with Gasteiger partial charge in [0.05, 0.1) is 22.7 Å². The number of hydrogen-bond acceptors (Lipinski definition) is 4. The van der Waals surface area contributed by atoms with Crippen LogP contribution in [-0.2, 0) is 4.79 Å². The van der Waals surface area contributed by atoms with Gasteiger partial charge in [0, 0.05) is 10.5 Å². The van der Waals surface area contributed by atoms with Crippen molar-refractivity contribution >= 4 is 44.5 Å². The SMILES string of the molecule is C[C@@H](c1ccccc1)n1c(SCC(=O)NC2CC2)nc2ccc(Br)cc2c1=O. The maximum absolute atomic E-state index is 13.3. The van der Waals surface area contributed by atoms with Crippen LogP contribution in [0.15, 0.2) is 63.0 Å². The van der Waals surface area contributed by atoms with Crippen molar-refractivity contribution in [1.29, 1.82) is 0 Å². The zero-order valence-corrected chi connectivity index (χ0v) is 17.8. The Morgan fingerprint density at radius 1 is 1.29 bits per heavy atom. The van der Waals surface area contributed by atoms with E-state index in [9.17, 15) is 9.59 Å². The third kappa shape index (κ3) is 4.15. The monoisotopic (exact) mass is 457 g/mol. The Kier molecular flexibility index (Phi) is 5.55. The molecule has 0 bridgehead atoms. The summed E-state index contributed by atoms with van der Waals surface area (Å²) in [5.74, 6) is 0.225. The molecular formula is C21H20BrN3O2S. The van der Waals surface area contributed by atoms with E-state index in [-0.39, 0.29) is 23.3 Å². The van der Waals surface area contributed by atoms with Crippen LogP contribution >= 0.6 is 27.7 Å². The van der Waals surface area contributed by atoms with Crippen LogP contribution in [0.5, 0.6) is 0 Å². The number of rotatable bonds is 6. The van der Waals surface area contributed by atoms with E-state index in [1.165, 1.54) is 11.8 Å². The lowest BCUT2D eigenvalue weighted by molar-refractivity contribution is -0.118. The molecule has 5 nitrogen and oxygen atoms in total. The van der Waals surface area contributed by atoms with Crippen LogP contribution in [-0.4, -0.2) is 27.3 Å². The predicted molar refractivity (Wildman–Crippen MR) is 116 cm³/mol. The van der Waals surface area contributed by atoms with Gasteiger partial charge in [-0.1, -0.05) is 58.0 Å². The summed E-state index contributed by atoms with van der Waals surface area (Å²) in [6, 6.07) is 15.5. The molecule has 2 aromatic carbocycles. The number of benzene rings is 2. The van der Waals surface area contributed by atoms with Gasteiger partial charge in [0.1, 0.15) is 0 Å². The van der Waals surface area contributed by atoms with Crippen LogP contribution in [0.4, 0.5) is 0 Å². The molecule has 1 heterocycles. The zero-order chi connectivity index (χ0) is 19.7. The zero-order valence-electron chi connectivity index (χ0n) is 15.4. The number of hydrogen-bond donors (Lipinski definition) is 1. The van der Waals surface area contributed by atoms with Crippen LogP contribution < -0.4 is 10.9 Å². The van der Waals surface area contributed by atoms with Gasteiger partial charge in [-0.05, 0) is 43.5 Å². The third-order valence-corrected chi connectivity index (χ3v) is 6.22. The Hall–Kier alpha value is -2.12. The lowest BCUT2D eigenvalue weighted by atomic mass is 10.1. The van der Waals surface area contributed by atoms with Crippen LogP contribution in [0.25, 0.3) is 10.9 Å². The van der Waals surface area contributed by atoms with Gasteiger partial charge in [-0.25, -0.2) is 4.98 Å². The molecule has 3 aromatic rings. The first-order valence-corrected chi connectivity index (χ1v) is 11.0. The Morgan fingerprint density at radius 3 is 2.75 bits per heavy atom. The van der Waals surface area contributed by atoms with Gasteiger partial charge in [0.25, 0.3) is 5.56 Å². The molecule has 1 amide bonds. The second-order valence-electron chi connectivity index (χ2n) is 6.95. The van der Waals surface area contributed by atoms with Crippen LogP contribution in [0.1, 0.15) is 31.4 Å². The molecule has 1 saturated carbocycles. The smallest absolute Gasteiger partial charge is 0.262 e. The Bertz CT molecular complexity index is 1080. The number of amides is 1. The van der Waals surface area contributed by atoms with Gasteiger partial charge in [0.2, 0.25) is 5.91 Å². The van der Waals surface area contributed by atoms with Gasteiger partial charge in [-0.3, -0.25) is 14.2 Å².